The lowest BCUT2D eigenvalue weighted by molar-refractivity contribution is 0.178. The molecule has 1 saturated heterocycles. The van der Waals surface area contributed by atoms with Crippen molar-refractivity contribution in [1.82, 2.24) is 10.2 Å². The van der Waals surface area contributed by atoms with Crippen LogP contribution in [0.1, 0.15) is 36.4 Å². The molecule has 3 atom stereocenters. The van der Waals surface area contributed by atoms with E-state index in [0.29, 0.717) is 17.9 Å². The summed E-state index contributed by atoms with van der Waals surface area (Å²) in [5.41, 5.74) is 2.59. The van der Waals surface area contributed by atoms with Crippen molar-refractivity contribution in [3.05, 3.63) is 71.5 Å². The van der Waals surface area contributed by atoms with Crippen LogP contribution in [0.15, 0.2) is 54.6 Å². The van der Waals surface area contributed by atoms with E-state index in [4.69, 9.17) is 0 Å². The SMILES string of the molecule is C[C@@H](NC[C@@H]1CN(C)CC[C@H]1c1ccc(F)cc1)c1ccccc1. The van der Waals surface area contributed by atoms with E-state index in [2.05, 4.69) is 54.5 Å². The lowest BCUT2D eigenvalue weighted by Gasteiger charge is -2.38. The summed E-state index contributed by atoms with van der Waals surface area (Å²) in [6, 6.07) is 18.0. The highest BCUT2D eigenvalue weighted by molar-refractivity contribution is 5.23. The molecule has 24 heavy (non-hydrogen) atoms. The predicted octanol–water partition coefficient (Wildman–Crippen LogP) is 4.21. The van der Waals surface area contributed by atoms with Crippen LogP contribution in [0.3, 0.4) is 0 Å². The minimum Gasteiger partial charge on any atom is -0.310 e. The first kappa shape index (κ1) is 17.1. The van der Waals surface area contributed by atoms with Gasteiger partial charge in [0.15, 0.2) is 0 Å². The van der Waals surface area contributed by atoms with Crippen molar-refractivity contribution in [2.24, 2.45) is 5.92 Å². The van der Waals surface area contributed by atoms with E-state index in [-0.39, 0.29) is 5.82 Å². The third-order valence-electron chi connectivity index (χ3n) is 5.22. The standard InChI is InChI=1S/C21H27FN2/c1-16(17-6-4-3-5-7-17)23-14-19-15-24(2)13-12-21(19)18-8-10-20(22)11-9-18/h3-11,16,19,21,23H,12-15H2,1-2H3/t16-,19-,21+/m1/s1. The van der Waals surface area contributed by atoms with Gasteiger partial charge in [0.05, 0.1) is 0 Å². The van der Waals surface area contributed by atoms with E-state index < -0.39 is 0 Å². The molecule has 0 spiro atoms. The molecule has 1 N–H and O–H groups in total. The van der Waals surface area contributed by atoms with Crippen molar-refractivity contribution in [1.29, 1.82) is 0 Å². The Bertz CT molecular complexity index is 626. The highest BCUT2D eigenvalue weighted by Gasteiger charge is 2.29. The van der Waals surface area contributed by atoms with Crippen molar-refractivity contribution < 1.29 is 4.39 Å². The summed E-state index contributed by atoms with van der Waals surface area (Å²) in [6.07, 6.45) is 1.13. The molecular formula is C21H27FN2. The monoisotopic (exact) mass is 326 g/mol. The Balaban J connectivity index is 1.67. The van der Waals surface area contributed by atoms with E-state index in [0.717, 1.165) is 26.1 Å². The van der Waals surface area contributed by atoms with Gasteiger partial charge in [-0.2, -0.15) is 0 Å². The van der Waals surface area contributed by atoms with Gasteiger partial charge in [0.25, 0.3) is 0 Å². The fourth-order valence-corrected chi connectivity index (χ4v) is 3.76. The first-order chi connectivity index (χ1) is 11.6. The van der Waals surface area contributed by atoms with Gasteiger partial charge in [-0.25, -0.2) is 4.39 Å². The Morgan fingerprint density at radius 3 is 2.54 bits per heavy atom. The Labute approximate surface area is 144 Å². The van der Waals surface area contributed by atoms with E-state index >= 15 is 0 Å². The fraction of sp³-hybridized carbons (Fsp3) is 0.429. The number of rotatable bonds is 5. The van der Waals surface area contributed by atoms with Crippen molar-refractivity contribution in [2.75, 3.05) is 26.7 Å². The number of nitrogens with one attached hydrogen (secondary N) is 1. The highest BCUT2D eigenvalue weighted by Crippen LogP contribution is 2.32. The molecule has 128 valence electrons. The summed E-state index contributed by atoms with van der Waals surface area (Å²) in [7, 11) is 2.19. The van der Waals surface area contributed by atoms with Crippen LogP contribution in [0.5, 0.6) is 0 Å². The summed E-state index contributed by atoms with van der Waals surface area (Å²) in [5.74, 6) is 0.886. The number of halogens is 1. The molecule has 2 nitrogen and oxygen atoms in total. The van der Waals surface area contributed by atoms with Crippen LogP contribution in [0.25, 0.3) is 0 Å². The van der Waals surface area contributed by atoms with Crippen LogP contribution < -0.4 is 5.32 Å². The fourth-order valence-electron chi connectivity index (χ4n) is 3.76. The van der Waals surface area contributed by atoms with E-state index in [9.17, 15) is 4.39 Å². The van der Waals surface area contributed by atoms with Crippen molar-refractivity contribution in [3.63, 3.8) is 0 Å². The summed E-state index contributed by atoms with van der Waals surface area (Å²) < 4.78 is 13.2. The Hall–Kier alpha value is -1.71. The molecule has 2 aromatic rings. The molecule has 1 heterocycles. The minimum atomic E-state index is -0.154. The van der Waals surface area contributed by atoms with Crippen LogP contribution in [-0.4, -0.2) is 31.6 Å². The molecule has 3 rings (SSSR count). The Morgan fingerprint density at radius 2 is 1.83 bits per heavy atom. The Morgan fingerprint density at radius 1 is 1.12 bits per heavy atom. The topological polar surface area (TPSA) is 15.3 Å². The molecule has 3 heteroatoms. The molecule has 1 aliphatic heterocycles. The zero-order chi connectivity index (χ0) is 16.9. The van der Waals surface area contributed by atoms with Crippen LogP contribution in [0.4, 0.5) is 4.39 Å². The second-order valence-electron chi connectivity index (χ2n) is 7.01. The summed E-state index contributed by atoms with van der Waals surface area (Å²) in [4.78, 5) is 2.40. The zero-order valence-electron chi connectivity index (χ0n) is 14.6. The largest absolute Gasteiger partial charge is 0.310 e. The molecule has 0 bridgehead atoms. The predicted molar refractivity (Wildman–Crippen MR) is 97.6 cm³/mol. The Kier molecular flexibility index (Phi) is 5.64. The van der Waals surface area contributed by atoms with Crippen LogP contribution >= 0.6 is 0 Å². The molecule has 0 saturated carbocycles. The average molecular weight is 326 g/mol. The second-order valence-corrected chi connectivity index (χ2v) is 7.01. The highest BCUT2D eigenvalue weighted by atomic mass is 19.1. The van der Waals surface area contributed by atoms with Crippen LogP contribution in [0.2, 0.25) is 0 Å². The average Bonchev–Trinajstić information content (AvgIpc) is 2.61. The molecule has 1 fully saturated rings. The van der Waals surface area contributed by atoms with Crippen molar-refractivity contribution in [3.8, 4) is 0 Å². The zero-order valence-corrected chi connectivity index (χ0v) is 14.6. The van der Waals surface area contributed by atoms with E-state index in [1.807, 2.05) is 12.1 Å². The van der Waals surface area contributed by atoms with Gasteiger partial charge in [-0.3, -0.25) is 0 Å². The van der Waals surface area contributed by atoms with Crippen LogP contribution in [0, 0.1) is 11.7 Å². The number of benzene rings is 2. The molecule has 0 amide bonds. The second kappa shape index (κ2) is 7.91. The van der Waals surface area contributed by atoms with Crippen molar-refractivity contribution in [2.45, 2.75) is 25.3 Å². The lowest BCUT2D eigenvalue weighted by atomic mass is 9.80. The number of piperidine rings is 1. The third kappa shape index (κ3) is 4.22. The van der Waals surface area contributed by atoms with Gasteiger partial charge in [0.1, 0.15) is 5.82 Å². The van der Waals surface area contributed by atoms with E-state index in [1.165, 1.54) is 11.1 Å². The van der Waals surface area contributed by atoms with Gasteiger partial charge >= 0.3 is 0 Å². The molecular weight excluding hydrogens is 299 g/mol. The smallest absolute Gasteiger partial charge is 0.123 e. The first-order valence-electron chi connectivity index (χ1n) is 8.86. The number of likely N-dealkylation sites (tertiary alicyclic amines) is 1. The number of hydrogen-bond donors (Lipinski definition) is 1. The molecule has 2 aromatic carbocycles. The third-order valence-corrected chi connectivity index (χ3v) is 5.22. The molecule has 0 aliphatic carbocycles. The van der Waals surface area contributed by atoms with Gasteiger partial charge in [-0.05, 0) is 62.0 Å². The number of hydrogen-bond acceptors (Lipinski definition) is 2. The minimum absolute atomic E-state index is 0.154. The molecule has 0 radical (unpaired) electrons. The summed E-state index contributed by atoms with van der Waals surface area (Å²) >= 11 is 0. The van der Waals surface area contributed by atoms with Gasteiger partial charge in [-0.15, -0.1) is 0 Å². The normalized spacial score (nSPS) is 23.1. The lowest BCUT2D eigenvalue weighted by Crippen LogP contribution is -2.42. The van der Waals surface area contributed by atoms with Gasteiger partial charge < -0.3 is 10.2 Å². The van der Waals surface area contributed by atoms with Gasteiger partial charge in [-0.1, -0.05) is 42.5 Å². The number of nitrogens with zero attached hydrogens (tertiary/aromatic N) is 1. The first-order valence-corrected chi connectivity index (χ1v) is 8.86. The maximum Gasteiger partial charge on any atom is 0.123 e. The summed E-state index contributed by atoms with van der Waals surface area (Å²) in [5, 5.41) is 3.70. The summed E-state index contributed by atoms with van der Waals surface area (Å²) in [6.45, 7) is 5.38. The molecule has 0 aromatic heterocycles. The van der Waals surface area contributed by atoms with Crippen molar-refractivity contribution >= 4 is 0 Å². The quantitative estimate of drug-likeness (QED) is 0.885. The van der Waals surface area contributed by atoms with Gasteiger partial charge in [0, 0.05) is 19.1 Å². The maximum absolute atomic E-state index is 13.2. The van der Waals surface area contributed by atoms with Crippen LogP contribution in [-0.2, 0) is 0 Å². The molecule has 0 unspecified atom stereocenters. The molecule has 1 aliphatic rings. The maximum atomic E-state index is 13.2. The van der Waals surface area contributed by atoms with E-state index in [1.54, 1.807) is 12.1 Å². The van der Waals surface area contributed by atoms with Gasteiger partial charge in [0.2, 0.25) is 0 Å².